The molecule has 0 aliphatic heterocycles. The number of benzene rings is 1. The van der Waals surface area contributed by atoms with Crippen molar-refractivity contribution in [2.24, 2.45) is 5.73 Å². The normalized spacial score (nSPS) is 17.3. The van der Waals surface area contributed by atoms with Crippen LogP contribution in [0.4, 0.5) is 8.78 Å². The zero-order chi connectivity index (χ0) is 12.6. The second-order valence-electron chi connectivity index (χ2n) is 4.72. The second kappa shape index (κ2) is 4.26. The fraction of sp³-hybridized carbons (Fsp3) is 0.538. The third kappa shape index (κ3) is 2.02. The van der Waals surface area contributed by atoms with Crippen molar-refractivity contribution in [2.75, 3.05) is 13.7 Å². The van der Waals surface area contributed by atoms with Crippen LogP contribution < -0.4 is 10.5 Å². The summed E-state index contributed by atoms with van der Waals surface area (Å²) in [5, 5.41) is 0. The number of alkyl halides is 2. The molecule has 17 heavy (non-hydrogen) atoms. The summed E-state index contributed by atoms with van der Waals surface area (Å²) in [6.45, 7) is 2.30. The molecule has 1 aliphatic rings. The Morgan fingerprint density at radius 2 is 2.06 bits per heavy atom. The van der Waals surface area contributed by atoms with Crippen molar-refractivity contribution in [3.8, 4) is 5.75 Å². The molecule has 2 rings (SSSR count). The molecule has 0 unspecified atom stereocenters. The highest BCUT2D eigenvalue weighted by molar-refractivity contribution is 5.51. The Kier molecular flexibility index (Phi) is 3.08. The molecule has 2 N–H and O–H groups in total. The standard InChI is InChI=1S/C13H17F2NO/c1-8-5-9(12(14)15)11(17-2)10(6-8)13(7-16)3-4-13/h5-6,12H,3-4,7,16H2,1-2H3. The second-order valence-corrected chi connectivity index (χ2v) is 4.72. The highest BCUT2D eigenvalue weighted by atomic mass is 19.3. The summed E-state index contributed by atoms with van der Waals surface area (Å²) in [6, 6.07) is 3.41. The summed E-state index contributed by atoms with van der Waals surface area (Å²) < 4.78 is 31.1. The molecule has 0 spiro atoms. The van der Waals surface area contributed by atoms with Crippen LogP contribution in [0.5, 0.6) is 5.75 Å². The molecule has 1 aromatic rings. The van der Waals surface area contributed by atoms with E-state index >= 15 is 0 Å². The van der Waals surface area contributed by atoms with Crippen molar-refractivity contribution in [1.82, 2.24) is 0 Å². The number of methoxy groups -OCH3 is 1. The fourth-order valence-electron chi connectivity index (χ4n) is 2.32. The molecule has 1 aromatic carbocycles. The maximum absolute atomic E-state index is 13.0. The van der Waals surface area contributed by atoms with E-state index in [1.807, 2.05) is 13.0 Å². The number of ether oxygens (including phenoxy) is 1. The Labute approximate surface area is 99.8 Å². The predicted octanol–water partition coefficient (Wildman–Crippen LogP) is 2.93. The summed E-state index contributed by atoms with van der Waals surface area (Å²) >= 11 is 0. The van der Waals surface area contributed by atoms with Gasteiger partial charge in [0.15, 0.2) is 0 Å². The van der Waals surface area contributed by atoms with Crippen LogP contribution in [0.2, 0.25) is 0 Å². The van der Waals surface area contributed by atoms with E-state index in [-0.39, 0.29) is 11.0 Å². The first-order chi connectivity index (χ1) is 8.04. The SMILES string of the molecule is COc1c(C(F)F)cc(C)cc1C1(CN)CC1. The van der Waals surface area contributed by atoms with Gasteiger partial charge in [-0.2, -0.15) is 0 Å². The number of hydrogen-bond donors (Lipinski definition) is 1. The van der Waals surface area contributed by atoms with Crippen LogP contribution in [-0.4, -0.2) is 13.7 Å². The largest absolute Gasteiger partial charge is 0.496 e. The van der Waals surface area contributed by atoms with E-state index in [1.165, 1.54) is 13.2 Å². The molecule has 4 heteroatoms. The molecule has 1 saturated carbocycles. The van der Waals surface area contributed by atoms with E-state index in [2.05, 4.69) is 0 Å². The maximum atomic E-state index is 13.0. The minimum atomic E-state index is -2.52. The van der Waals surface area contributed by atoms with E-state index in [1.54, 1.807) is 0 Å². The number of rotatable bonds is 4. The zero-order valence-electron chi connectivity index (χ0n) is 10.1. The smallest absolute Gasteiger partial charge is 0.267 e. The number of aryl methyl sites for hydroxylation is 1. The average Bonchev–Trinajstić information content (AvgIpc) is 3.08. The van der Waals surface area contributed by atoms with Crippen molar-refractivity contribution < 1.29 is 13.5 Å². The quantitative estimate of drug-likeness (QED) is 0.879. The lowest BCUT2D eigenvalue weighted by Gasteiger charge is -2.20. The van der Waals surface area contributed by atoms with Gasteiger partial charge in [0.2, 0.25) is 0 Å². The Hall–Kier alpha value is -1.16. The Balaban J connectivity index is 2.58. The van der Waals surface area contributed by atoms with Crippen LogP contribution in [0.25, 0.3) is 0 Å². The van der Waals surface area contributed by atoms with Crippen molar-refractivity contribution in [3.63, 3.8) is 0 Å². The van der Waals surface area contributed by atoms with E-state index in [4.69, 9.17) is 10.5 Å². The van der Waals surface area contributed by atoms with Crippen LogP contribution in [0, 0.1) is 6.92 Å². The lowest BCUT2D eigenvalue weighted by atomic mass is 9.91. The van der Waals surface area contributed by atoms with Gasteiger partial charge in [0, 0.05) is 17.5 Å². The minimum absolute atomic E-state index is 0.0257. The van der Waals surface area contributed by atoms with Gasteiger partial charge in [-0.25, -0.2) is 8.78 Å². The molecule has 2 nitrogen and oxygen atoms in total. The van der Waals surface area contributed by atoms with E-state index < -0.39 is 6.43 Å². The van der Waals surface area contributed by atoms with Crippen molar-refractivity contribution >= 4 is 0 Å². The van der Waals surface area contributed by atoms with Gasteiger partial charge >= 0.3 is 0 Å². The van der Waals surface area contributed by atoms with Crippen LogP contribution in [0.15, 0.2) is 12.1 Å². The van der Waals surface area contributed by atoms with Gasteiger partial charge in [0.25, 0.3) is 6.43 Å². The van der Waals surface area contributed by atoms with Crippen molar-refractivity contribution in [1.29, 1.82) is 0 Å². The molecule has 1 fully saturated rings. The van der Waals surface area contributed by atoms with E-state index in [0.29, 0.717) is 12.3 Å². The van der Waals surface area contributed by atoms with Gasteiger partial charge in [-0.1, -0.05) is 11.6 Å². The topological polar surface area (TPSA) is 35.2 Å². The first kappa shape index (κ1) is 12.3. The summed E-state index contributed by atoms with van der Waals surface area (Å²) in [5.74, 6) is 0.313. The number of nitrogens with two attached hydrogens (primary N) is 1. The van der Waals surface area contributed by atoms with Gasteiger partial charge in [-0.3, -0.25) is 0 Å². The first-order valence-corrected chi connectivity index (χ1v) is 5.71. The molecule has 0 radical (unpaired) electrons. The highest BCUT2D eigenvalue weighted by Crippen LogP contribution is 2.52. The Morgan fingerprint density at radius 3 is 2.47 bits per heavy atom. The molecular formula is C13H17F2NO. The molecule has 0 amide bonds. The number of hydrogen-bond acceptors (Lipinski definition) is 2. The fourth-order valence-corrected chi connectivity index (χ4v) is 2.32. The minimum Gasteiger partial charge on any atom is -0.496 e. The summed E-state index contributed by atoms with van der Waals surface area (Å²) in [6.07, 6.45) is -0.616. The molecule has 0 bridgehead atoms. The van der Waals surface area contributed by atoms with Gasteiger partial charge in [-0.15, -0.1) is 0 Å². The van der Waals surface area contributed by atoms with Gasteiger partial charge < -0.3 is 10.5 Å². The van der Waals surface area contributed by atoms with Crippen LogP contribution >= 0.6 is 0 Å². The van der Waals surface area contributed by atoms with Gasteiger partial charge in [-0.05, 0) is 25.8 Å². The summed E-state index contributed by atoms with van der Waals surface area (Å²) in [5.41, 5.74) is 7.27. The lowest BCUT2D eigenvalue weighted by molar-refractivity contribution is 0.146. The number of halogens is 2. The Morgan fingerprint density at radius 1 is 1.41 bits per heavy atom. The maximum Gasteiger partial charge on any atom is 0.267 e. The van der Waals surface area contributed by atoms with E-state index in [0.717, 1.165) is 24.0 Å². The summed E-state index contributed by atoms with van der Waals surface area (Å²) in [7, 11) is 1.44. The van der Waals surface area contributed by atoms with Gasteiger partial charge in [0.05, 0.1) is 12.7 Å². The van der Waals surface area contributed by atoms with Crippen molar-refractivity contribution in [2.45, 2.75) is 31.6 Å². The van der Waals surface area contributed by atoms with Crippen LogP contribution in [0.3, 0.4) is 0 Å². The van der Waals surface area contributed by atoms with Crippen molar-refractivity contribution in [3.05, 3.63) is 28.8 Å². The summed E-state index contributed by atoms with van der Waals surface area (Å²) in [4.78, 5) is 0. The Bertz CT molecular complexity index is 428. The first-order valence-electron chi connectivity index (χ1n) is 5.71. The average molecular weight is 241 g/mol. The lowest BCUT2D eigenvalue weighted by Crippen LogP contribution is -2.21. The van der Waals surface area contributed by atoms with Crippen LogP contribution in [0.1, 0.15) is 36.0 Å². The molecule has 0 heterocycles. The van der Waals surface area contributed by atoms with E-state index in [9.17, 15) is 8.78 Å². The molecule has 0 aromatic heterocycles. The molecule has 1 aliphatic carbocycles. The molecule has 0 atom stereocenters. The van der Waals surface area contributed by atoms with Crippen LogP contribution in [-0.2, 0) is 5.41 Å². The zero-order valence-corrected chi connectivity index (χ0v) is 10.1. The predicted molar refractivity (Wildman–Crippen MR) is 62.7 cm³/mol. The molecule has 0 saturated heterocycles. The molecule has 94 valence electrons. The highest BCUT2D eigenvalue weighted by Gasteiger charge is 2.45. The molecular weight excluding hydrogens is 224 g/mol. The third-order valence-electron chi connectivity index (χ3n) is 3.52. The third-order valence-corrected chi connectivity index (χ3v) is 3.52. The monoisotopic (exact) mass is 241 g/mol. The van der Waals surface area contributed by atoms with Gasteiger partial charge in [0.1, 0.15) is 5.75 Å².